The minimum atomic E-state index is -0.227. The van der Waals surface area contributed by atoms with E-state index in [9.17, 15) is 14.4 Å². The third kappa shape index (κ3) is 5.66. The summed E-state index contributed by atoms with van der Waals surface area (Å²) >= 11 is 1.33. The number of thiazole rings is 1. The van der Waals surface area contributed by atoms with Crippen molar-refractivity contribution < 1.29 is 14.4 Å². The Balaban J connectivity index is 1.44. The van der Waals surface area contributed by atoms with Crippen molar-refractivity contribution in [1.29, 1.82) is 0 Å². The summed E-state index contributed by atoms with van der Waals surface area (Å²) in [5, 5.41) is 8.07. The van der Waals surface area contributed by atoms with Crippen LogP contribution >= 0.6 is 11.3 Å². The largest absolute Gasteiger partial charge is 0.339 e. The van der Waals surface area contributed by atoms with Crippen LogP contribution < -0.4 is 10.6 Å². The highest BCUT2D eigenvalue weighted by molar-refractivity contribution is 7.13. The van der Waals surface area contributed by atoms with Gasteiger partial charge >= 0.3 is 6.03 Å². The molecule has 2 aliphatic rings. The van der Waals surface area contributed by atoms with Crippen molar-refractivity contribution in [3.63, 3.8) is 0 Å². The maximum absolute atomic E-state index is 12.4. The number of nitrogens with one attached hydrogen (secondary N) is 2. The summed E-state index contributed by atoms with van der Waals surface area (Å²) in [5.74, 6) is 0.0468. The molecule has 8 nitrogen and oxygen atoms in total. The van der Waals surface area contributed by atoms with Crippen molar-refractivity contribution >= 4 is 34.3 Å². The van der Waals surface area contributed by atoms with Crippen molar-refractivity contribution in [3.05, 3.63) is 11.1 Å². The maximum atomic E-state index is 12.4. The molecule has 0 atom stereocenters. The number of urea groups is 1. The van der Waals surface area contributed by atoms with Crippen LogP contribution in [0.4, 0.5) is 9.93 Å². The summed E-state index contributed by atoms with van der Waals surface area (Å²) in [5.41, 5.74) is 0.659. The van der Waals surface area contributed by atoms with E-state index in [0.29, 0.717) is 37.0 Å². The van der Waals surface area contributed by atoms with E-state index in [1.54, 1.807) is 22.1 Å². The molecule has 2 fully saturated rings. The van der Waals surface area contributed by atoms with Crippen LogP contribution in [0.3, 0.4) is 0 Å². The first-order valence-corrected chi connectivity index (χ1v) is 10.4. The monoisotopic (exact) mass is 393 g/mol. The van der Waals surface area contributed by atoms with Crippen LogP contribution in [0.2, 0.25) is 0 Å². The topological polar surface area (TPSA) is 94.6 Å². The Morgan fingerprint density at radius 3 is 2.44 bits per heavy atom. The van der Waals surface area contributed by atoms with Gasteiger partial charge in [0.1, 0.15) is 0 Å². The standard InChI is InChI=1S/C18H27N5O3S/c1-13(24)22-7-9-23(10-8-22)16(25)11-15-12-27-18(20-15)21-17(26)19-14-5-3-2-4-6-14/h12,14H,2-11H2,1H3,(H2,19,20,21,26). The van der Waals surface area contributed by atoms with Gasteiger partial charge in [-0.15, -0.1) is 11.3 Å². The Morgan fingerprint density at radius 2 is 1.78 bits per heavy atom. The fourth-order valence-corrected chi connectivity index (χ4v) is 4.25. The van der Waals surface area contributed by atoms with Gasteiger partial charge in [-0.05, 0) is 12.8 Å². The first-order valence-electron chi connectivity index (χ1n) is 9.56. The van der Waals surface area contributed by atoms with Crippen LogP contribution in [0.5, 0.6) is 0 Å². The summed E-state index contributed by atoms with van der Waals surface area (Å²) in [4.78, 5) is 43.7. The number of hydrogen-bond donors (Lipinski definition) is 2. The Bertz CT molecular complexity index is 678. The van der Waals surface area contributed by atoms with E-state index in [1.165, 1.54) is 17.8 Å². The zero-order chi connectivity index (χ0) is 19.2. The highest BCUT2D eigenvalue weighted by Gasteiger charge is 2.23. The highest BCUT2D eigenvalue weighted by atomic mass is 32.1. The van der Waals surface area contributed by atoms with E-state index < -0.39 is 0 Å². The van der Waals surface area contributed by atoms with Gasteiger partial charge < -0.3 is 15.1 Å². The van der Waals surface area contributed by atoms with Crippen LogP contribution in [0.15, 0.2) is 5.38 Å². The lowest BCUT2D eigenvalue weighted by Crippen LogP contribution is -2.50. The van der Waals surface area contributed by atoms with Gasteiger partial charge in [-0.2, -0.15) is 0 Å². The molecule has 0 radical (unpaired) electrons. The lowest BCUT2D eigenvalue weighted by atomic mass is 9.96. The van der Waals surface area contributed by atoms with Crippen LogP contribution in [0.1, 0.15) is 44.7 Å². The van der Waals surface area contributed by atoms with E-state index in [-0.39, 0.29) is 30.3 Å². The van der Waals surface area contributed by atoms with Gasteiger partial charge in [0.25, 0.3) is 0 Å². The summed E-state index contributed by atoms with van der Waals surface area (Å²) in [6.45, 7) is 3.80. The third-order valence-corrected chi connectivity index (χ3v) is 5.93. The van der Waals surface area contributed by atoms with Gasteiger partial charge in [-0.3, -0.25) is 14.9 Å². The molecule has 1 aliphatic heterocycles. The van der Waals surface area contributed by atoms with Crippen molar-refractivity contribution in [3.8, 4) is 0 Å². The number of hydrogen-bond acceptors (Lipinski definition) is 5. The average Bonchev–Trinajstić information content (AvgIpc) is 3.09. The minimum absolute atomic E-state index is 0.00158. The number of piperazine rings is 1. The SMILES string of the molecule is CC(=O)N1CCN(C(=O)Cc2csc(NC(=O)NC3CCCCC3)n2)CC1. The number of rotatable bonds is 4. The molecule has 1 aromatic rings. The quantitative estimate of drug-likeness (QED) is 0.816. The smallest absolute Gasteiger partial charge is 0.321 e. The number of nitrogens with zero attached hydrogens (tertiary/aromatic N) is 3. The number of aromatic nitrogens is 1. The molecular formula is C18H27N5O3S. The summed E-state index contributed by atoms with van der Waals surface area (Å²) in [6, 6.07) is 0.0166. The number of amides is 4. The van der Waals surface area contributed by atoms with E-state index in [1.807, 2.05) is 0 Å². The predicted molar refractivity (Wildman–Crippen MR) is 104 cm³/mol. The van der Waals surface area contributed by atoms with E-state index >= 15 is 0 Å². The van der Waals surface area contributed by atoms with Crippen LogP contribution in [0.25, 0.3) is 0 Å². The zero-order valence-electron chi connectivity index (χ0n) is 15.7. The second kappa shape index (κ2) is 9.16. The Labute approximate surface area is 163 Å². The van der Waals surface area contributed by atoms with Gasteiger partial charge in [-0.25, -0.2) is 9.78 Å². The molecule has 1 aliphatic carbocycles. The molecule has 0 spiro atoms. The number of carbonyl (C=O) groups is 3. The molecule has 4 amide bonds. The highest BCUT2D eigenvalue weighted by Crippen LogP contribution is 2.19. The summed E-state index contributed by atoms with van der Waals surface area (Å²) in [6.07, 6.45) is 5.84. The van der Waals surface area contributed by atoms with Crippen molar-refractivity contribution in [2.45, 2.75) is 51.5 Å². The molecule has 0 unspecified atom stereocenters. The summed E-state index contributed by atoms with van der Waals surface area (Å²) < 4.78 is 0. The molecule has 1 aromatic heterocycles. The third-order valence-electron chi connectivity index (χ3n) is 5.12. The van der Waals surface area contributed by atoms with Gasteiger partial charge in [0, 0.05) is 44.5 Å². The van der Waals surface area contributed by atoms with Gasteiger partial charge in [0.2, 0.25) is 11.8 Å². The average molecular weight is 394 g/mol. The fraction of sp³-hybridized carbons (Fsp3) is 0.667. The van der Waals surface area contributed by atoms with E-state index in [4.69, 9.17) is 0 Å². The van der Waals surface area contributed by atoms with Gasteiger partial charge in [-0.1, -0.05) is 19.3 Å². The molecule has 27 heavy (non-hydrogen) atoms. The lowest BCUT2D eigenvalue weighted by molar-refractivity contribution is -0.138. The predicted octanol–water partition coefficient (Wildman–Crippen LogP) is 1.83. The Kier molecular flexibility index (Phi) is 6.65. The first-order chi connectivity index (χ1) is 13.0. The molecule has 1 saturated carbocycles. The van der Waals surface area contributed by atoms with E-state index in [2.05, 4.69) is 15.6 Å². The van der Waals surface area contributed by atoms with Crippen LogP contribution in [-0.2, 0) is 16.0 Å². The second-order valence-corrected chi connectivity index (χ2v) is 8.00. The second-order valence-electron chi connectivity index (χ2n) is 7.14. The molecule has 148 valence electrons. The van der Waals surface area contributed by atoms with E-state index in [0.717, 1.165) is 25.7 Å². The summed E-state index contributed by atoms with van der Waals surface area (Å²) in [7, 11) is 0. The van der Waals surface area contributed by atoms with Crippen molar-refractivity contribution in [2.75, 3.05) is 31.5 Å². The zero-order valence-corrected chi connectivity index (χ0v) is 16.5. The first kappa shape index (κ1) is 19.6. The van der Waals surface area contributed by atoms with Crippen LogP contribution in [-0.4, -0.2) is 64.9 Å². The lowest BCUT2D eigenvalue weighted by Gasteiger charge is -2.34. The number of carbonyl (C=O) groups excluding carboxylic acids is 3. The molecule has 0 aromatic carbocycles. The Hall–Kier alpha value is -2.16. The molecule has 1 saturated heterocycles. The number of anilines is 1. The molecule has 3 rings (SSSR count). The molecular weight excluding hydrogens is 366 g/mol. The van der Waals surface area contributed by atoms with Gasteiger partial charge in [0.05, 0.1) is 12.1 Å². The molecule has 9 heteroatoms. The fourth-order valence-electron chi connectivity index (χ4n) is 3.55. The molecule has 2 heterocycles. The maximum Gasteiger partial charge on any atom is 0.321 e. The molecule has 2 N–H and O–H groups in total. The molecule has 0 bridgehead atoms. The van der Waals surface area contributed by atoms with Gasteiger partial charge in [0.15, 0.2) is 5.13 Å². The van der Waals surface area contributed by atoms with Crippen LogP contribution in [0, 0.1) is 0 Å². The minimum Gasteiger partial charge on any atom is -0.339 e. The Morgan fingerprint density at radius 1 is 1.11 bits per heavy atom. The van der Waals surface area contributed by atoms with Crippen molar-refractivity contribution in [2.24, 2.45) is 0 Å². The van der Waals surface area contributed by atoms with Crippen molar-refractivity contribution in [1.82, 2.24) is 20.1 Å². The normalized spacial score (nSPS) is 18.3.